The van der Waals surface area contributed by atoms with Gasteiger partial charge in [-0.05, 0) is 24.1 Å². The molecule has 29 heavy (non-hydrogen) atoms. The molecule has 10 heteroatoms. The lowest BCUT2D eigenvalue weighted by Crippen LogP contribution is -2.45. The van der Waals surface area contributed by atoms with Crippen LogP contribution in [0.1, 0.15) is 17.5 Å². The fourth-order valence-corrected chi connectivity index (χ4v) is 3.03. The molecule has 2 N–H and O–H groups in total. The molecule has 0 aliphatic carbocycles. The van der Waals surface area contributed by atoms with Gasteiger partial charge in [-0.25, -0.2) is 0 Å². The summed E-state index contributed by atoms with van der Waals surface area (Å²) in [6, 6.07) is 5.62. The molecule has 2 rings (SSSR count). The van der Waals surface area contributed by atoms with E-state index in [1.165, 1.54) is 0 Å². The Balaban J connectivity index is 0.00000420. The van der Waals surface area contributed by atoms with Gasteiger partial charge in [0.2, 0.25) is 0 Å². The van der Waals surface area contributed by atoms with Gasteiger partial charge in [0.25, 0.3) is 0 Å². The third kappa shape index (κ3) is 9.49. The molecule has 1 atom stereocenters. The maximum absolute atomic E-state index is 12.6. The van der Waals surface area contributed by atoms with E-state index < -0.39 is 11.7 Å². The summed E-state index contributed by atoms with van der Waals surface area (Å²) in [6.07, 6.45) is -3.34. The zero-order chi connectivity index (χ0) is 20.4. The van der Waals surface area contributed by atoms with Crippen LogP contribution in [0.25, 0.3) is 0 Å². The van der Waals surface area contributed by atoms with Gasteiger partial charge in [0.1, 0.15) is 0 Å². The Morgan fingerprint density at radius 3 is 2.55 bits per heavy atom. The second-order valence-corrected chi connectivity index (χ2v) is 6.66. The van der Waals surface area contributed by atoms with Crippen LogP contribution in [-0.4, -0.2) is 70.5 Å². The van der Waals surface area contributed by atoms with Crippen LogP contribution in [0.15, 0.2) is 29.3 Å². The summed E-state index contributed by atoms with van der Waals surface area (Å²) in [6.45, 7) is 4.67. The third-order valence-corrected chi connectivity index (χ3v) is 4.49. The minimum Gasteiger partial charge on any atom is -0.382 e. The van der Waals surface area contributed by atoms with Crippen LogP contribution >= 0.6 is 24.0 Å². The number of rotatable bonds is 9. The summed E-state index contributed by atoms with van der Waals surface area (Å²) in [5.74, 6) is 0.719. The Kier molecular flexibility index (Phi) is 11.8. The van der Waals surface area contributed by atoms with Crippen LogP contribution in [0, 0.1) is 0 Å². The number of hydrogen-bond donors (Lipinski definition) is 2. The molecule has 1 aliphatic heterocycles. The third-order valence-electron chi connectivity index (χ3n) is 4.49. The molecule has 1 aromatic carbocycles. The molecule has 1 heterocycles. The summed E-state index contributed by atoms with van der Waals surface area (Å²) in [7, 11) is 3.35. The predicted molar refractivity (Wildman–Crippen MR) is 118 cm³/mol. The van der Waals surface area contributed by atoms with Crippen molar-refractivity contribution < 1.29 is 22.6 Å². The normalized spacial score (nSPS) is 17.8. The highest BCUT2D eigenvalue weighted by Gasteiger charge is 2.30. The van der Waals surface area contributed by atoms with Crippen molar-refractivity contribution in [3.8, 4) is 0 Å². The first kappa shape index (κ1) is 25.9. The molecular weight excluding hydrogens is 500 g/mol. The zero-order valence-electron chi connectivity index (χ0n) is 16.8. The number of benzene rings is 1. The van der Waals surface area contributed by atoms with E-state index in [1.807, 2.05) is 0 Å². The lowest BCUT2D eigenvalue weighted by molar-refractivity contribution is -0.137. The van der Waals surface area contributed by atoms with Crippen LogP contribution in [0.5, 0.6) is 0 Å². The monoisotopic (exact) mass is 530 g/mol. The molecule has 1 saturated heterocycles. The van der Waals surface area contributed by atoms with Crippen LogP contribution in [0.3, 0.4) is 0 Å². The van der Waals surface area contributed by atoms with Gasteiger partial charge in [-0.2, -0.15) is 13.2 Å². The number of likely N-dealkylation sites (tertiary alicyclic amines) is 1. The van der Waals surface area contributed by atoms with Gasteiger partial charge in [-0.15, -0.1) is 24.0 Å². The Labute approximate surface area is 187 Å². The van der Waals surface area contributed by atoms with Gasteiger partial charge in [0.05, 0.1) is 25.4 Å². The van der Waals surface area contributed by atoms with E-state index in [2.05, 4.69) is 20.5 Å². The van der Waals surface area contributed by atoms with Crippen molar-refractivity contribution in [1.82, 2.24) is 15.5 Å². The SMILES string of the molecule is CN=C(NCCOCCOC)NC1CCN(Cc2ccc(C(F)(F)F)cc2)C1.I. The lowest BCUT2D eigenvalue weighted by atomic mass is 10.1. The van der Waals surface area contributed by atoms with Gasteiger partial charge in [-0.3, -0.25) is 9.89 Å². The maximum atomic E-state index is 12.6. The van der Waals surface area contributed by atoms with Gasteiger partial charge in [-0.1, -0.05) is 12.1 Å². The van der Waals surface area contributed by atoms with Crippen LogP contribution in [0.2, 0.25) is 0 Å². The topological polar surface area (TPSA) is 58.1 Å². The number of hydrogen-bond acceptors (Lipinski definition) is 4. The van der Waals surface area contributed by atoms with E-state index >= 15 is 0 Å². The average molecular weight is 530 g/mol. The number of ether oxygens (including phenoxy) is 2. The Hall–Kier alpha value is -1.11. The fraction of sp³-hybridized carbons (Fsp3) is 0.632. The second kappa shape index (κ2) is 13.2. The van der Waals surface area contributed by atoms with Crippen molar-refractivity contribution in [1.29, 1.82) is 0 Å². The number of nitrogens with one attached hydrogen (secondary N) is 2. The first-order chi connectivity index (χ1) is 13.4. The van der Waals surface area contributed by atoms with Crippen LogP contribution in [-0.2, 0) is 22.2 Å². The number of nitrogens with zero attached hydrogens (tertiary/aromatic N) is 2. The van der Waals surface area contributed by atoms with Gasteiger partial charge < -0.3 is 20.1 Å². The first-order valence-electron chi connectivity index (χ1n) is 9.34. The molecule has 0 spiro atoms. The number of halogens is 4. The van der Waals surface area contributed by atoms with Crippen molar-refractivity contribution in [3.63, 3.8) is 0 Å². The fourth-order valence-electron chi connectivity index (χ4n) is 3.03. The molecule has 0 amide bonds. The van der Waals surface area contributed by atoms with Crippen LogP contribution < -0.4 is 10.6 Å². The molecule has 0 radical (unpaired) electrons. The number of alkyl halides is 3. The van der Waals surface area contributed by atoms with Crippen LogP contribution in [0.4, 0.5) is 13.2 Å². The highest BCUT2D eigenvalue weighted by atomic mass is 127. The quantitative estimate of drug-likeness (QED) is 0.223. The highest BCUT2D eigenvalue weighted by molar-refractivity contribution is 14.0. The summed E-state index contributed by atoms with van der Waals surface area (Å²) in [5, 5.41) is 6.59. The molecule has 0 saturated carbocycles. The smallest absolute Gasteiger partial charge is 0.382 e. The minimum atomic E-state index is -4.29. The molecule has 1 aliphatic rings. The van der Waals surface area contributed by atoms with E-state index in [1.54, 1.807) is 26.3 Å². The van der Waals surface area contributed by atoms with Gasteiger partial charge >= 0.3 is 6.18 Å². The first-order valence-corrected chi connectivity index (χ1v) is 9.34. The molecule has 1 fully saturated rings. The van der Waals surface area contributed by atoms with E-state index in [-0.39, 0.29) is 30.0 Å². The molecule has 166 valence electrons. The van der Waals surface area contributed by atoms with Gasteiger partial charge in [0, 0.05) is 46.4 Å². The van der Waals surface area contributed by atoms with E-state index in [4.69, 9.17) is 9.47 Å². The van der Waals surface area contributed by atoms with E-state index in [0.29, 0.717) is 32.9 Å². The molecule has 0 aromatic heterocycles. The maximum Gasteiger partial charge on any atom is 0.416 e. The van der Waals surface area contributed by atoms with E-state index in [9.17, 15) is 13.2 Å². The van der Waals surface area contributed by atoms with Crippen molar-refractivity contribution in [3.05, 3.63) is 35.4 Å². The van der Waals surface area contributed by atoms with Crippen molar-refractivity contribution in [2.75, 3.05) is 53.6 Å². The Morgan fingerprint density at radius 1 is 1.21 bits per heavy atom. The van der Waals surface area contributed by atoms with E-state index in [0.717, 1.165) is 43.2 Å². The molecule has 1 unspecified atom stereocenters. The standard InChI is InChI=1S/C19H29F3N4O2.HI/c1-23-18(24-8-10-28-12-11-27-2)25-17-7-9-26(14-17)13-15-3-5-16(6-4-15)19(20,21)22;/h3-6,17H,7-14H2,1-2H3,(H2,23,24,25);1H. The molecule has 1 aromatic rings. The Bertz CT molecular complexity index is 614. The number of guanidine groups is 1. The van der Waals surface area contributed by atoms with Crippen molar-refractivity contribution in [2.45, 2.75) is 25.2 Å². The summed E-state index contributed by atoms with van der Waals surface area (Å²) < 4.78 is 48.3. The molecule has 0 bridgehead atoms. The number of aliphatic imine (C=N–C) groups is 1. The zero-order valence-corrected chi connectivity index (χ0v) is 19.1. The average Bonchev–Trinajstić information content (AvgIpc) is 3.10. The summed E-state index contributed by atoms with van der Waals surface area (Å²) in [5.41, 5.74) is 0.266. The molecule has 6 nitrogen and oxygen atoms in total. The predicted octanol–water partition coefficient (Wildman–Crippen LogP) is 2.73. The molecular formula is C19H30F3IN4O2. The summed E-state index contributed by atoms with van der Waals surface area (Å²) in [4.78, 5) is 6.44. The largest absolute Gasteiger partial charge is 0.416 e. The van der Waals surface area contributed by atoms with Gasteiger partial charge in [0.15, 0.2) is 5.96 Å². The van der Waals surface area contributed by atoms with Crippen molar-refractivity contribution in [2.24, 2.45) is 4.99 Å². The Morgan fingerprint density at radius 2 is 1.93 bits per heavy atom. The summed E-state index contributed by atoms with van der Waals surface area (Å²) >= 11 is 0. The number of methoxy groups -OCH3 is 1. The minimum absolute atomic E-state index is 0. The highest BCUT2D eigenvalue weighted by Crippen LogP contribution is 2.29. The van der Waals surface area contributed by atoms with Crippen molar-refractivity contribution >= 4 is 29.9 Å². The lowest BCUT2D eigenvalue weighted by Gasteiger charge is -2.19. The second-order valence-electron chi connectivity index (χ2n) is 6.66.